The van der Waals surface area contributed by atoms with E-state index in [2.05, 4.69) is 11.2 Å². The Balaban J connectivity index is 2.02. The van der Waals surface area contributed by atoms with Crippen LogP contribution in [0.15, 0.2) is 24.3 Å². The first-order valence-electron chi connectivity index (χ1n) is 7.79. The van der Waals surface area contributed by atoms with E-state index in [1.165, 1.54) is 4.90 Å². The second kappa shape index (κ2) is 6.93. The quantitative estimate of drug-likeness (QED) is 0.926. The first-order chi connectivity index (χ1) is 11.6. The van der Waals surface area contributed by atoms with Crippen LogP contribution >= 0.6 is 11.6 Å². The van der Waals surface area contributed by atoms with Crippen molar-refractivity contribution in [1.82, 2.24) is 14.7 Å². The van der Waals surface area contributed by atoms with Gasteiger partial charge in [0.25, 0.3) is 0 Å². The molecule has 1 amide bonds. The lowest BCUT2D eigenvalue weighted by Crippen LogP contribution is -2.31. The fourth-order valence-corrected chi connectivity index (χ4v) is 3.18. The van der Waals surface area contributed by atoms with E-state index in [4.69, 9.17) is 16.9 Å². The Morgan fingerprint density at radius 2 is 2.00 bits per heavy atom. The molecule has 124 valence electrons. The SMILES string of the molecule is N#CCCn1nc2c(c1-c1ccc(Cl)cc1)CCN(C(=O)O)CC2. The molecule has 3 rings (SSSR count). The predicted octanol–water partition coefficient (Wildman–Crippen LogP) is 3.20. The first kappa shape index (κ1) is 16.3. The van der Waals surface area contributed by atoms with E-state index in [0.717, 1.165) is 22.5 Å². The van der Waals surface area contributed by atoms with Crippen molar-refractivity contribution in [3.05, 3.63) is 40.5 Å². The Bertz CT molecular complexity index is 792. The topological polar surface area (TPSA) is 82.2 Å². The summed E-state index contributed by atoms with van der Waals surface area (Å²) in [4.78, 5) is 12.7. The van der Waals surface area contributed by atoms with Gasteiger partial charge in [-0.15, -0.1) is 0 Å². The zero-order valence-electron chi connectivity index (χ0n) is 13.1. The normalized spacial score (nSPS) is 13.9. The van der Waals surface area contributed by atoms with E-state index in [9.17, 15) is 9.90 Å². The number of hydrogen-bond donors (Lipinski definition) is 1. The smallest absolute Gasteiger partial charge is 0.407 e. The number of amides is 1. The summed E-state index contributed by atoms with van der Waals surface area (Å²) in [5, 5.41) is 23.4. The third-order valence-electron chi connectivity index (χ3n) is 4.21. The molecule has 0 unspecified atom stereocenters. The van der Waals surface area contributed by atoms with Crippen LogP contribution in [0.2, 0.25) is 5.02 Å². The predicted molar refractivity (Wildman–Crippen MR) is 89.9 cm³/mol. The lowest BCUT2D eigenvalue weighted by Gasteiger charge is -2.16. The minimum atomic E-state index is -0.898. The van der Waals surface area contributed by atoms with Gasteiger partial charge in [0.05, 0.1) is 30.4 Å². The van der Waals surface area contributed by atoms with Gasteiger partial charge < -0.3 is 10.0 Å². The van der Waals surface area contributed by atoms with Crippen LogP contribution in [0.4, 0.5) is 4.79 Å². The number of carboxylic acid groups (broad SMARTS) is 1. The van der Waals surface area contributed by atoms with E-state index in [0.29, 0.717) is 43.9 Å². The van der Waals surface area contributed by atoms with Gasteiger partial charge in [0.1, 0.15) is 0 Å². The van der Waals surface area contributed by atoms with E-state index in [1.807, 2.05) is 28.9 Å². The zero-order valence-corrected chi connectivity index (χ0v) is 13.8. The van der Waals surface area contributed by atoms with Gasteiger partial charge in [-0.05, 0) is 18.6 Å². The van der Waals surface area contributed by atoms with Crippen LogP contribution in [0.1, 0.15) is 17.7 Å². The number of fused-ring (bicyclic) bond motifs is 1. The fraction of sp³-hybridized carbons (Fsp3) is 0.353. The number of hydrogen-bond acceptors (Lipinski definition) is 3. The second-order valence-corrected chi connectivity index (χ2v) is 6.12. The van der Waals surface area contributed by atoms with Crippen LogP contribution in [-0.4, -0.2) is 39.0 Å². The Labute approximate surface area is 144 Å². The molecule has 7 heteroatoms. The average Bonchev–Trinajstić information content (AvgIpc) is 2.77. The maximum atomic E-state index is 11.2. The van der Waals surface area contributed by atoms with Gasteiger partial charge in [0, 0.05) is 35.7 Å². The van der Waals surface area contributed by atoms with Crippen molar-refractivity contribution in [2.45, 2.75) is 25.8 Å². The van der Waals surface area contributed by atoms with Crippen LogP contribution in [-0.2, 0) is 19.4 Å². The Kier molecular flexibility index (Phi) is 4.72. The molecule has 0 fully saturated rings. The number of aryl methyl sites for hydroxylation is 1. The van der Waals surface area contributed by atoms with Crippen LogP contribution < -0.4 is 0 Å². The molecule has 1 aromatic heterocycles. The number of benzene rings is 1. The molecule has 0 atom stereocenters. The summed E-state index contributed by atoms with van der Waals surface area (Å²) in [6.07, 6.45) is 0.682. The summed E-state index contributed by atoms with van der Waals surface area (Å²) in [5.41, 5.74) is 3.93. The van der Waals surface area contributed by atoms with Crippen molar-refractivity contribution in [3.63, 3.8) is 0 Å². The summed E-state index contributed by atoms with van der Waals surface area (Å²) in [6.45, 7) is 1.41. The van der Waals surface area contributed by atoms with Crippen molar-refractivity contribution < 1.29 is 9.90 Å². The van der Waals surface area contributed by atoms with Gasteiger partial charge in [-0.25, -0.2) is 4.79 Å². The Morgan fingerprint density at radius 1 is 1.29 bits per heavy atom. The molecular weight excluding hydrogens is 328 g/mol. The summed E-state index contributed by atoms with van der Waals surface area (Å²) in [6, 6.07) is 9.67. The largest absolute Gasteiger partial charge is 0.465 e. The maximum Gasteiger partial charge on any atom is 0.407 e. The van der Waals surface area contributed by atoms with Gasteiger partial charge in [-0.2, -0.15) is 10.4 Å². The van der Waals surface area contributed by atoms with Crippen molar-refractivity contribution in [3.8, 4) is 17.3 Å². The van der Waals surface area contributed by atoms with Gasteiger partial charge in [-0.3, -0.25) is 4.68 Å². The van der Waals surface area contributed by atoms with Gasteiger partial charge >= 0.3 is 6.09 Å². The van der Waals surface area contributed by atoms with Crippen LogP contribution in [0.5, 0.6) is 0 Å². The van der Waals surface area contributed by atoms with Gasteiger partial charge in [-0.1, -0.05) is 23.7 Å². The first-order valence-corrected chi connectivity index (χ1v) is 8.17. The van der Waals surface area contributed by atoms with E-state index in [1.54, 1.807) is 0 Å². The van der Waals surface area contributed by atoms with Gasteiger partial charge in [0.15, 0.2) is 0 Å². The molecular formula is C17H17ClN4O2. The lowest BCUT2D eigenvalue weighted by molar-refractivity contribution is 0.147. The molecule has 6 nitrogen and oxygen atoms in total. The number of aromatic nitrogens is 2. The van der Waals surface area contributed by atoms with E-state index < -0.39 is 6.09 Å². The minimum Gasteiger partial charge on any atom is -0.465 e. The van der Waals surface area contributed by atoms with Crippen LogP contribution in [0.3, 0.4) is 0 Å². The van der Waals surface area contributed by atoms with E-state index >= 15 is 0 Å². The Morgan fingerprint density at radius 3 is 2.67 bits per heavy atom. The number of halogens is 1. The fourth-order valence-electron chi connectivity index (χ4n) is 3.05. The molecule has 0 saturated heterocycles. The highest BCUT2D eigenvalue weighted by molar-refractivity contribution is 6.30. The van der Waals surface area contributed by atoms with E-state index in [-0.39, 0.29) is 0 Å². The lowest BCUT2D eigenvalue weighted by atomic mass is 10.0. The summed E-state index contributed by atoms with van der Waals surface area (Å²) in [7, 11) is 0. The summed E-state index contributed by atoms with van der Waals surface area (Å²) >= 11 is 5.98. The molecule has 1 aliphatic heterocycles. The van der Waals surface area contributed by atoms with Crippen LogP contribution in [0, 0.1) is 11.3 Å². The highest BCUT2D eigenvalue weighted by Crippen LogP contribution is 2.30. The number of rotatable bonds is 3. The maximum absolute atomic E-state index is 11.2. The molecule has 2 aromatic rings. The van der Waals surface area contributed by atoms with Crippen molar-refractivity contribution >= 4 is 17.7 Å². The van der Waals surface area contributed by atoms with Crippen molar-refractivity contribution in [2.75, 3.05) is 13.1 Å². The van der Waals surface area contributed by atoms with Crippen molar-refractivity contribution in [1.29, 1.82) is 5.26 Å². The van der Waals surface area contributed by atoms with Gasteiger partial charge in [0.2, 0.25) is 0 Å². The second-order valence-electron chi connectivity index (χ2n) is 5.68. The molecule has 0 aliphatic carbocycles. The Hall–Kier alpha value is -2.52. The highest BCUT2D eigenvalue weighted by atomic mass is 35.5. The van der Waals surface area contributed by atoms with Crippen molar-refractivity contribution in [2.24, 2.45) is 0 Å². The molecule has 0 radical (unpaired) electrons. The molecule has 0 spiro atoms. The summed E-state index contributed by atoms with van der Waals surface area (Å²) < 4.78 is 1.87. The minimum absolute atomic E-state index is 0.377. The monoisotopic (exact) mass is 344 g/mol. The van der Waals surface area contributed by atoms with Crippen LogP contribution in [0.25, 0.3) is 11.3 Å². The number of nitriles is 1. The molecule has 1 aliphatic rings. The molecule has 2 heterocycles. The molecule has 1 aromatic carbocycles. The molecule has 1 N–H and O–H groups in total. The number of carbonyl (C=O) groups is 1. The standard InChI is InChI=1S/C17H17ClN4O2/c18-13-4-2-12(3-5-13)16-14-6-10-21(17(23)24)11-7-15(14)20-22(16)9-1-8-19/h2-5H,1,6-7,9-11H2,(H,23,24). The third-order valence-corrected chi connectivity index (χ3v) is 4.46. The molecule has 0 bridgehead atoms. The molecule has 24 heavy (non-hydrogen) atoms. The highest BCUT2D eigenvalue weighted by Gasteiger charge is 2.24. The molecule has 0 saturated carbocycles. The average molecular weight is 345 g/mol. The summed E-state index contributed by atoms with van der Waals surface area (Å²) in [5.74, 6) is 0. The zero-order chi connectivity index (χ0) is 17.1. The number of nitrogens with zero attached hydrogens (tertiary/aromatic N) is 4. The third kappa shape index (κ3) is 3.22.